The minimum Gasteiger partial charge on any atom is -0.317 e. The van der Waals surface area contributed by atoms with Gasteiger partial charge in [-0.3, -0.25) is 4.90 Å². The first-order valence-electron chi connectivity index (χ1n) is 12.2. The monoisotopic (exact) mass is 386 g/mol. The van der Waals surface area contributed by atoms with Crippen molar-refractivity contribution < 1.29 is 0 Å². The van der Waals surface area contributed by atoms with Crippen LogP contribution in [0.5, 0.6) is 0 Å². The number of rotatable bonds is 14. The third-order valence-corrected chi connectivity index (χ3v) is 6.65. The molecule has 1 fully saturated rings. The van der Waals surface area contributed by atoms with Crippen molar-refractivity contribution in [2.24, 2.45) is 0 Å². The van der Waals surface area contributed by atoms with Gasteiger partial charge in [0.15, 0.2) is 0 Å². The molecule has 1 saturated carbocycles. The molecular weight excluding hydrogens is 340 g/mol. The second kappa shape index (κ2) is 14.2. The molecule has 2 heteroatoms. The molecule has 160 valence electrons. The Morgan fingerprint density at radius 1 is 0.786 bits per heavy atom. The predicted molar refractivity (Wildman–Crippen MR) is 124 cm³/mol. The van der Waals surface area contributed by atoms with Crippen LogP contribution in [0.15, 0.2) is 24.3 Å². The molecule has 1 N–H and O–H groups in total. The van der Waals surface area contributed by atoms with E-state index in [4.69, 9.17) is 0 Å². The quantitative estimate of drug-likeness (QED) is 0.350. The van der Waals surface area contributed by atoms with Crippen molar-refractivity contribution in [1.82, 2.24) is 10.2 Å². The number of benzene rings is 1. The van der Waals surface area contributed by atoms with Gasteiger partial charge in [0.05, 0.1) is 0 Å². The Bertz CT molecular complexity index is 476. The van der Waals surface area contributed by atoms with E-state index < -0.39 is 0 Å². The molecule has 1 aromatic rings. The van der Waals surface area contributed by atoms with Crippen molar-refractivity contribution in [3.05, 3.63) is 35.4 Å². The van der Waals surface area contributed by atoms with E-state index in [1.54, 1.807) is 5.56 Å². The summed E-state index contributed by atoms with van der Waals surface area (Å²) in [7, 11) is 2.11. The highest BCUT2D eigenvalue weighted by molar-refractivity contribution is 5.26. The molecule has 0 aromatic heterocycles. The van der Waals surface area contributed by atoms with Gasteiger partial charge in [0.25, 0.3) is 0 Å². The highest BCUT2D eigenvalue weighted by Gasteiger charge is 2.21. The molecule has 0 aliphatic heterocycles. The van der Waals surface area contributed by atoms with E-state index in [-0.39, 0.29) is 0 Å². The lowest BCUT2D eigenvalue weighted by Crippen LogP contribution is -2.29. The number of nitrogens with zero attached hydrogens (tertiary/aromatic N) is 1. The smallest absolute Gasteiger partial charge is 0.0233 e. The summed E-state index contributed by atoms with van der Waals surface area (Å²) in [4.78, 5) is 2.71. The number of hydrogen-bond donors (Lipinski definition) is 1. The lowest BCUT2D eigenvalue weighted by atomic mass is 9.81. The minimum absolute atomic E-state index is 0.740. The highest BCUT2D eigenvalue weighted by Crippen LogP contribution is 2.32. The number of nitrogens with one attached hydrogen (secondary N) is 1. The molecule has 0 amide bonds. The topological polar surface area (TPSA) is 15.3 Å². The molecular formula is C26H46N2. The first-order valence-corrected chi connectivity index (χ1v) is 12.2. The normalized spacial score (nSPS) is 20.0. The van der Waals surface area contributed by atoms with Gasteiger partial charge in [0.2, 0.25) is 0 Å². The average Bonchev–Trinajstić information content (AvgIpc) is 2.74. The Morgan fingerprint density at radius 2 is 1.36 bits per heavy atom. The summed E-state index contributed by atoms with van der Waals surface area (Å²) < 4.78 is 0. The zero-order chi connectivity index (χ0) is 20.0. The Labute approximate surface area is 175 Å². The molecule has 0 saturated heterocycles. The van der Waals surface area contributed by atoms with Crippen LogP contribution in [-0.4, -0.2) is 31.1 Å². The fraction of sp³-hybridized carbons (Fsp3) is 0.769. The van der Waals surface area contributed by atoms with E-state index in [0.717, 1.165) is 18.5 Å². The van der Waals surface area contributed by atoms with Gasteiger partial charge in [-0.05, 0) is 75.7 Å². The molecule has 28 heavy (non-hydrogen) atoms. The molecule has 0 heterocycles. The molecule has 2 nitrogen and oxygen atoms in total. The van der Waals surface area contributed by atoms with Crippen molar-refractivity contribution in [3.63, 3.8) is 0 Å². The SMILES string of the molecule is CCCCCCN(CCCCCC)Cc1ccc([C@H]2CC[C@H](NC)CC2)cc1. The molecule has 0 spiro atoms. The molecule has 2 rings (SSSR count). The zero-order valence-electron chi connectivity index (χ0n) is 19.0. The van der Waals surface area contributed by atoms with E-state index >= 15 is 0 Å². The highest BCUT2D eigenvalue weighted by atomic mass is 15.1. The van der Waals surface area contributed by atoms with Crippen LogP contribution in [0.2, 0.25) is 0 Å². The van der Waals surface area contributed by atoms with Crippen LogP contribution in [0.25, 0.3) is 0 Å². The largest absolute Gasteiger partial charge is 0.317 e. The van der Waals surface area contributed by atoms with Gasteiger partial charge in [-0.25, -0.2) is 0 Å². The van der Waals surface area contributed by atoms with Gasteiger partial charge in [0, 0.05) is 12.6 Å². The van der Waals surface area contributed by atoms with Gasteiger partial charge in [0.1, 0.15) is 0 Å². The van der Waals surface area contributed by atoms with E-state index in [9.17, 15) is 0 Å². The van der Waals surface area contributed by atoms with Crippen molar-refractivity contribution in [1.29, 1.82) is 0 Å². The molecule has 1 aliphatic rings. The Morgan fingerprint density at radius 3 is 1.86 bits per heavy atom. The second-order valence-electron chi connectivity index (χ2n) is 8.98. The number of unbranched alkanes of at least 4 members (excludes halogenated alkanes) is 6. The predicted octanol–water partition coefficient (Wildman–Crippen LogP) is 6.89. The Hall–Kier alpha value is -0.860. The van der Waals surface area contributed by atoms with Gasteiger partial charge in [-0.1, -0.05) is 76.6 Å². The fourth-order valence-corrected chi connectivity index (χ4v) is 4.66. The van der Waals surface area contributed by atoms with Crippen molar-refractivity contribution in [2.45, 2.75) is 109 Å². The van der Waals surface area contributed by atoms with Crippen LogP contribution in [0.3, 0.4) is 0 Å². The lowest BCUT2D eigenvalue weighted by molar-refractivity contribution is 0.252. The van der Waals surface area contributed by atoms with Crippen molar-refractivity contribution >= 4 is 0 Å². The maximum Gasteiger partial charge on any atom is 0.0233 e. The standard InChI is InChI=1S/C26H46N2/c1-4-6-8-10-20-28(21-11-9-7-5-2)22-23-12-14-24(15-13-23)25-16-18-26(27-3)19-17-25/h12-15,25-27H,4-11,16-22H2,1-3H3/t25-,26-. The van der Waals surface area contributed by atoms with Crippen LogP contribution in [0, 0.1) is 0 Å². The summed E-state index contributed by atoms with van der Waals surface area (Å²) in [5.74, 6) is 0.776. The molecule has 1 aliphatic carbocycles. The lowest BCUT2D eigenvalue weighted by Gasteiger charge is -2.28. The molecule has 0 unspecified atom stereocenters. The molecule has 0 radical (unpaired) electrons. The van der Waals surface area contributed by atoms with Crippen molar-refractivity contribution in [3.8, 4) is 0 Å². The third-order valence-electron chi connectivity index (χ3n) is 6.65. The van der Waals surface area contributed by atoms with Gasteiger partial charge in [-0.15, -0.1) is 0 Å². The van der Waals surface area contributed by atoms with E-state index in [1.807, 2.05) is 0 Å². The van der Waals surface area contributed by atoms with Crippen molar-refractivity contribution in [2.75, 3.05) is 20.1 Å². The van der Waals surface area contributed by atoms with Crippen LogP contribution < -0.4 is 5.32 Å². The van der Waals surface area contributed by atoms with Crippen LogP contribution in [-0.2, 0) is 6.54 Å². The average molecular weight is 387 g/mol. The summed E-state index contributed by atoms with van der Waals surface area (Å²) in [6.45, 7) is 8.26. The van der Waals surface area contributed by atoms with Gasteiger partial charge >= 0.3 is 0 Å². The number of hydrogen-bond acceptors (Lipinski definition) is 2. The first-order chi connectivity index (χ1) is 13.8. The minimum atomic E-state index is 0.740. The van der Waals surface area contributed by atoms with E-state index in [0.29, 0.717) is 0 Å². The summed E-state index contributed by atoms with van der Waals surface area (Å²) >= 11 is 0. The van der Waals surface area contributed by atoms with Crippen LogP contribution >= 0.6 is 0 Å². The molecule has 0 bridgehead atoms. The van der Waals surface area contributed by atoms with Crippen LogP contribution in [0.1, 0.15) is 108 Å². The molecule has 1 aromatic carbocycles. The first kappa shape index (κ1) is 23.4. The second-order valence-corrected chi connectivity index (χ2v) is 8.98. The molecule has 0 atom stereocenters. The summed E-state index contributed by atoms with van der Waals surface area (Å²) in [6.07, 6.45) is 16.2. The zero-order valence-corrected chi connectivity index (χ0v) is 19.0. The third kappa shape index (κ3) is 8.66. The van der Waals surface area contributed by atoms with E-state index in [1.165, 1.54) is 95.7 Å². The summed E-state index contributed by atoms with van der Waals surface area (Å²) in [6, 6.07) is 10.4. The van der Waals surface area contributed by atoms with Gasteiger partial charge < -0.3 is 5.32 Å². The Kier molecular flexibility index (Phi) is 11.9. The van der Waals surface area contributed by atoms with E-state index in [2.05, 4.69) is 55.4 Å². The van der Waals surface area contributed by atoms with Gasteiger partial charge in [-0.2, -0.15) is 0 Å². The van der Waals surface area contributed by atoms with Crippen LogP contribution in [0.4, 0.5) is 0 Å². The fourth-order valence-electron chi connectivity index (χ4n) is 4.66. The Balaban J connectivity index is 1.83. The maximum absolute atomic E-state index is 3.45. The summed E-state index contributed by atoms with van der Waals surface area (Å²) in [5, 5.41) is 3.45. The maximum atomic E-state index is 3.45. The summed E-state index contributed by atoms with van der Waals surface area (Å²) in [5.41, 5.74) is 3.06.